The van der Waals surface area contributed by atoms with E-state index < -0.39 is 0 Å². The number of nitrogens with one attached hydrogen (secondary N) is 2. The monoisotopic (exact) mass is 531 g/mol. The third-order valence-electron chi connectivity index (χ3n) is 6.06. The van der Waals surface area contributed by atoms with Crippen LogP contribution < -0.4 is 15.4 Å². The molecule has 0 amide bonds. The van der Waals surface area contributed by atoms with Crippen molar-refractivity contribution >= 4 is 29.9 Å². The van der Waals surface area contributed by atoms with Gasteiger partial charge < -0.3 is 24.8 Å². The molecule has 1 heterocycles. The van der Waals surface area contributed by atoms with Crippen LogP contribution in [0.15, 0.2) is 23.2 Å². The van der Waals surface area contributed by atoms with Crippen LogP contribution >= 0.6 is 24.0 Å². The lowest BCUT2D eigenvalue weighted by Gasteiger charge is -2.54. The summed E-state index contributed by atoms with van der Waals surface area (Å²) in [6.45, 7) is 14.8. The van der Waals surface area contributed by atoms with Crippen LogP contribution in [0.2, 0.25) is 0 Å². The van der Waals surface area contributed by atoms with Crippen LogP contribution in [-0.2, 0) is 16.0 Å². The number of ether oxygens (including phenoxy) is 3. The second-order valence-corrected chi connectivity index (χ2v) is 8.54. The molecule has 2 aliphatic rings. The maximum absolute atomic E-state index is 5.96. The highest BCUT2D eigenvalue weighted by atomic mass is 127. The minimum Gasteiger partial charge on any atom is -0.491 e. The number of halogens is 1. The fourth-order valence-electron chi connectivity index (χ4n) is 4.53. The number of nitrogens with zero attached hydrogens (tertiary/aromatic N) is 1. The average molecular weight is 531 g/mol. The van der Waals surface area contributed by atoms with Gasteiger partial charge in [-0.1, -0.05) is 26.0 Å². The number of aryl methyl sites for hydroxylation is 1. The summed E-state index contributed by atoms with van der Waals surface area (Å²) >= 11 is 0. The van der Waals surface area contributed by atoms with E-state index in [2.05, 4.69) is 56.5 Å². The molecule has 1 aromatic carbocycles. The minimum atomic E-state index is 0. The Hall–Kier alpha value is -1.06. The molecule has 2 N–H and O–H groups in total. The summed E-state index contributed by atoms with van der Waals surface area (Å²) in [6, 6.07) is 6.67. The number of fused-ring (bicyclic) bond motifs is 1. The van der Waals surface area contributed by atoms with Gasteiger partial charge in [-0.05, 0) is 38.8 Å². The fourth-order valence-corrected chi connectivity index (χ4v) is 4.53. The average Bonchev–Trinajstić information content (AvgIpc) is 3.15. The van der Waals surface area contributed by atoms with E-state index in [0.717, 1.165) is 36.8 Å². The molecule has 7 heteroatoms. The molecule has 3 rings (SSSR count). The molecule has 1 aliphatic heterocycles. The Morgan fingerprint density at radius 2 is 2.07 bits per heavy atom. The van der Waals surface area contributed by atoms with Gasteiger partial charge in [0.15, 0.2) is 5.96 Å². The van der Waals surface area contributed by atoms with Crippen LogP contribution in [0.3, 0.4) is 0 Å². The van der Waals surface area contributed by atoms with Gasteiger partial charge in [-0.2, -0.15) is 0 Å². The lowest BCUT2D eigenvalue weighted by Crippen LogP contribution is -2.67. The topological polar surface area (TPSA) is 64.1 Å². The highest BCUT2D eigenvalue weighted by Crippen LogP contribution is 2.52. The molecule has 3 atom stereocenters. The van der Waals surface area contributed by atoms with Crippen LogP contribution in [0.1, 0.15) is 45.2 Å². The molecule has 0 aromatic heterocycles. The SMILES string of the molecule is CCNC(=NCc1ccc(C)cc1OCCOCC)NC1C2CCOC2C1(C)C.I. The third kappa shape index (κ3) is 5.79. The Morgan fingerprint density at radius 3 is 2.80 bits per heavy atom. The third-order valence-corrected chi connectivity index (χ3v) is 6.06. The van der Waals surface area contributed by atoms with E-state index in [4.69, 9.17) is 19.2 Å². The van der Waals surface area contributed by atoms with Crippen LogP contribution in [0.5, 0.6) is 5.75 Å². The molecule has 1 aliphatic carbocycles. The highest BCUT2D eigenvalue weighted by molar-refractivity contribution is 14.0. The Labute approximate surface area is 198 Å². The maximum Gasteiger partial charge on any atom is 0.191 e. The Morgan fingerprint density at radius 1 is 1.27 bits per heavy atom. The molecule has 1 saturated carbocycles. The highest BCUT2D eigenvalue weighted by Gasteiger charge is 2.59. The summed E-state index contributed by atoms with van der Waals surface area (Å²) in [7, 11) is 0. The Kier molecular flexibility index (Phi) is 9.68. The van der Waals surface area contributed by atoms with Gasteiger partial charge in [-0.25, -0.2) is 4.99 Å². The molecular weight excluding hydrogens is 493 g/mol. The van der Waals surface area contributed by atoms with Crippen molar-refractivity contribution in [1.29, 1.82) is 0 Å². The van der Waals surface area contributed by atoms with Gasteiger partial charge in [0.25, 0.3) is 0 Å². The van der Waals surface area contributed by atoms with Gasteiger partial charge in [0.1, 0.15) is 12.4 Å². The first-order valence-electron chi connectivity index (χ1n) is 10.9. The van der Waals surface area contributed by atoms with Crippen LogP contribution in [0.4, 0.5) is 0 Å². The van der Waals surface area contributed by atoms with Gasteiger partial charge in [-0.3, -0.25) is 0 Å². The zero-order chi connectivity index (χ0) is 20.9. The molecule has 30 heavy (non-hydrogen) atoms. The van der Waals surface area contributed by atoms with Gasteiger partial charge in [0.05, 0.1) is 19.3 Å². The standard InChI is InChI=1S/C23H37N3O3.HI/c1-6-24-22(26-20-18-10-11-29-21(18)23(20,4)5)25-15-17-9-8-16(3)14-19(17)28-13-12-27-7-2;/h8-9,14,18,20-21H,6-7,10-13,15H2,1-5H3,(H2,24,25,26);1H. The number of hydrogen-bond acceptors (Lipinski definition) is 4. The van der Waals surface area contributed by atoms with Crippen molar-refractivity contribution in [3.63, 3.8) is 0 Å². The zero-order valence-corrected chi connectivity index (χ0v) is 21.3. The number of benzene rings is 1. The van der Waals surface area contributed by atoms with Crippen molar-refractivity contribution in [2.24, 2.45) is 16.3 Å². The number of aliphatic imine (C=N–C) groups is 1. The lowest BCUT2D eigenvalue weighted by atomic mass is 9.57. The lowest BCUT2D eigenvalue weighted by molar-refractivity contribution is -0.106. The molecule has 0 bridgehead atoms. The second-order valence-electron chi connectivity index (χ2n) is 8.54. The molecule has 6 nitrogen and oxygen atoms in total. The largest absolute Gasteiger partial charge is 0.491 e. The van der Waals surface area contributed by atoms with E-state index in [1.165, 1.54) is 5.56 Å². The first-order chi connectivity index (χ1) is 14.0. The van der Waals surface area contributed by atoms with Gasteiger partial charge >= 0.3 is 0 Å². The predicted molar refractivity (Wildman–Crippen MR) is 132 cm³/mol. The molecule has 3 unspecified atom stereocenters. The van der Waals surface area contributed by atoms with E-state index in [9.17, 15) is 0 Å². The second kappa shape index (κ2) is 11.5. The van der Waals surface area contributed by atoms with Crippen molar-refractivity contribution in [3.05, 3.63) is 29.3 Å². The molecule has 170 valence electrons. The normalized spacial score (nSPS) is 24.4. The van der Waals surface area contributed by atoms with E-state index >= 15 is 0 Å². The first-order valence-corrected chi connectivity index (χ1v) is 10.9. The number of hydrogen-bond donors (Lipinski definition) is 2. The molecular formula is C23H38IN3O3. The Balaban J connectivity index is 0.00000320. The quantitative estimate of drug-likeness (QED) is 0.219. The van der Waals surface area contributed by atoms with Crippen molar-refractivity contribution in [1.82, 2.24) is 10.6 Å². The molecule has 1 saturated heterocycles. The predicted octanol–water partition coefficient (Wildman–Crippen LogP) is 3.90. The van der Waals surface area contributed by atoms with Crippen LogP contribution in [0, 0.1) is 18.3 Å². The first kappa shape index (κ1) is 25.2. The maximum atomic E-state index is 5.96. The van der Waals surface area contributed by atoms with Crippen molar-refractivity contribution in [3.8, 4) is 5.75 Å². The summed E-state index contributed by atoms with van der Waals surface area (Å²) < 4.78 is 17.3. The summed E-state index contributed by atoms with van der Waals surface area (Å²) in [5.74, 6) is 2.32. The fraction of sp³-hybridized carbons (Fsp3) is 0.696. The van der Waals surface area contributed by atoms with Crippen molar-refractivity contribution in [2.75, 3.05) is 33.0 Å². The van der Waals surface area contributed by atoms with Crippen LogP contribution in [-0.4, -0.2) is 51.1 Å². The van der Waals surface area contributed by atoms with E-state index in [0.29, 0.717) is 44.4 Å². The van der Waals surface area contributed by atoms with Gasteiger partial charge in [0.2, 0.25) is 0 Å². The van der Waals surface area contributed by atoms with Crippen molar-refractivity contribution in [2.45, 2.75) is 59.7 Å². The van der Waals surface area contributed by atoms with E-state index in [1.807, 2.05) is 6.92 Å². The van der Waals surface area contributed by atoms with Crippen LogP contribution in [0.25, 0.3) is 0 Å². The smallest absolute Gasteiger partial charge is 0.191 e. The molecule has 2 fully saturated rings. The zero-order valence-electron chi connectivity index (χ0n) is 19.0. The van der Waals surface area contributed by atoms with Crippen molar-refractivity contribution < 1.29 is 14.2 Å². The van der Waals surface area contributed by atoms with E-state index in [1.54, 1.807) is 0 Å². The summed E-state index contributed by atoms with van der Waals surface area (Å²) in [5.41, 5.74) is 2.38. The van der Waals surface area contributed by atoms with E-state index in [-0.39, 0.29) is 29.4 Å². The van der Waals surface area contributed by atoms with Gasteiger partial charge in [0, 0.05) is 42.7 Å². The number of rotatable bonds is 9. The molecule has 0 spiro atoms. The number of guanidine groups is 1. The minimum absolute atomic E-state index is 0. The summed E-state index contributed by atoms with van der Waals surface area (Å²) in [5, 5.41) is 7.07. The molecule has 0 radical (unpaired) electrons. The van der Waals surface area contributed by atoms with Gasteiger partial charge in [-0.15, -0.1) is 24.0 Å². The molecule has 1 aromatic rings. The Bertz CT molecular complexity index is 711. The summed E-state index contributed by atoms with van der Waals surface area (Å²) in [4.78, 5) is 4.86. The summed E-state index contributed by atoms with van der Waals surface area (Å²) in [6.07, 6.45) is 1.49.